The van der Waals surface area contributed by atoms with Crippen LogP contribution in [0, 0.1) is 12.7 Å². The molecule has 3 aromatic heterocycles. The molecule has 0 aliphatic carbocycles. The summed E-state index contributed by atoms with van der Waals surface area (Å²) < 4.78 is 20.3. The van der Waals surface area contributed by atoms with Crippen LogP contribution in [0.5, 0.6) is 5.06 Å². The second kappa shape index (κ2) is 6.85. The zero-order valence-corrected chi connectivity index (χ0v) is 15.2. The molecule has 0 aliphatic heterocycles. The maximum absolute atomic E-state index is 13.1. The molecule has 0 saturated heterocycles. The summed E-state index contributed by atoms with van der Waals surface area (Å²) in [6.45, 7) is 2.18. The number of carbonyl (C=O) groups excluding carboxylic acids is 1. The number of rotatable bonds is 4. The van der Waals surface area contributed by atoms with Crippen LogP contribution in [0.25, 0.3) is 16.2 Å². The molecule has 0 fully saturated rings. The fourth-order valence-electron chi connectivity index (χ4n) is 2.39. The van der Waals surface area contributed by atoms with E-state index in [0.717, 1.165) is 22.0 Å². The summed E-state index contributed by atoms with van der Waals surface area (Å²) in [6, 6.07) is 6.16. The number of aryl methyl sites for hydroxylation is 1. The molecule has 1 N–H and O–H groups in total. The van der Waals surface area contributed by atoms with Gasteiger partial charge in [-0.1, -0.05) is 11.3 Å². The molecule has 4 aromatic rings. The summed E-state index contributed by atoms with van der Waals surface area (Å²) in [4.78, 5) is 21.3. The lowest BCUT2D eigenvalue weighted by Crippen LogP contribution is -2.26. The highest BCUT2D eigenvalue weighted by Gasteiger charge is 2.16. The summed E-state index contributed by atoms with van der Waals surface area (Å²) in [5.74, 6) is -0.287. The maximum atomic E-state index is 13.1. The van der Waals surface area contributed by atoms with Crippen molar-refractivity contribution < 1.29 is 13.9 Å². The molecule has 1 amide bonds. The van der Waals surface area contributed by atoms with Crippen LogP contribution in [-0.2, 0) is 6.54 Å². The van der Waals surface area contributed by atoms with Crippen molar-refractivity contribution in [2.45, 2.75) is 13.5 Å². The number of hydrogen-bond donors (Lipinski definition) is 1. The molecule has 0 saturated carbocycles. The third-order valence-corrected chi connectivity index (χ3v) is 5.52. The average molecular weight is 388 g/mol. The average Bonchev–Trinajstić information content (AvgIpc) is 3.34. The monoisotopic (exact) mass is 388 g/mol. The van der Waals surface area contributed by atoms with Crippen molar-refractivity contribution in [2.75, 3.05) is 0 Å². The van der Waals surface area contributed by atoms with E-state index >= 15 is 0 Å². The fraction of sp³-hybridized carbons (Fsp3) is 0.118. The molecule has 4 rings (SSSR count). The topological polar surface area (TPSA) is 68.5 Å². The van der Waals surface area contributed by atoms with Crippen LogP contribution >= 0.6 is 22.7 Å². The smallest absolute Gasteiger partial charge is 0.397 e. The van der Waals surface area contributed by atoms with Gasteiger partial charge in [-0.05, 0) is 31.2 Å². The molecule has 0 unspecified atom stereocenters. The minimum absolute atomic E-state index is 0.287. The number of thiazole rings is 2. The first-order valence-corrected chi connectivity index (χ1v) is 9.38. The predicted octanol–water partition coefficient (Wildman–Crippen LogP) is 4.26. The van der Waals surface area contributed by atoms with Gasteiger partial charge in [0.1, 0.15) is 10.8 Å². The molecule has 0 aliphatic rings. The molecule has 0 atom stereocenters. The number of fused-ring (bicyclic) bond motifs is 1. The number of benzene rings is 1. The van der Waals surface area contributed by atoms with Gasteiger partial charge >= 0.3 is 6.09 Å². The number of imidazole rings is 1. The summed E-state index contributed by atoms with van der Waals surface area (Å²) >= 11 is 2.74. The van der Waals surface area contributed by atoms with Gasteiger partial charge < -0.3 is 10.1 Å². The standard InChI is InChI=1S/C17H13FN4O2S2/c1-10-15(24-17(23)20-8-14-19-6-7-25-14)26-16-21-13(9-22(10)16)11-2-4-12(18)5-3-11/h2-7,9H,8H2,1H3,(H,20,23). The summed E-state index contributed by atoms with van der Waals surface area (Å²) in [7, 11) is 0. The van der Waals surface area contributed by atoms with E-state index in [1.807, 2.05) is 22.9 Å². The van der Waals surface area contributed by atoms with E-state index < -0.39 is 6.09 Å². The van der Waals surface area contributed by atoms with E-state index in [0.29, 0.717) is 16.6 Å². The van der Waals surface area contributed by atoms with E-state index in [4.69, 9.17) is 4.74 Å². The third kappa shape index (κ3) is 3.31. The van der Waals surface area contributed by atoms with Gasteiger partial charge in [0.05, 0.1) is 17.9 Å². The number of carbonyl (C=O) groups is 1. The number of nitrogens with one attached hydrogen (secondary N) is 1. The second-order valence-corrected chi connectivity index (χ2v) is 7.35. The Morgan fingerprint density at radius 2 is 2.15 bits per heavy atom. The zero-order chi connectivity index (χ0) is 18.1. The summed E-state index contributed by atoms with van der Waals surface area (Å²) in [5, 5.41) is 5.80. The number of amides is 1. The molecule has 6 nitrogen and oxygen atoms in total. The van der Waals surface area contributed by atoms with Crippen molar-refractivity contribution >= 4 is 33.7 Å². The third-order valence-electron chi connectivity index (χ3n) is 3.71. The maximum Gasteiger partial charge on any atom is 0.413 e. The molecule has 1 aromatic carbocycles. The van der Waals surface area contributed by atoms with Crippen LogP contribution in [0.4, 0.5) is 9.18 Å². The first-order valence-electron chi connectivity index (χ1n) is 7.68. The lowest BCUT2D eigenvalue weighted by Gasteiger charge is -2.04. The van der Waals surface area contributed by atoms with Crippen molar-refractivity contribution in [1.82, 2.24) is 19.7 Å². The van der Waals surface area contributed by atoms with E-state index in [-0.39, 0.29) is 5.82 Å². The Labute approximate surface area is 155 Å². The Kier molecular flexibility index (Phi) is 4.39. The lowest BCUT2D eigenvalue weighted by molar-refractivity contribution is 0.201. The van der Waals surface area contributed by atoms with Crippen molar-refractivity contribution in [3.8, 4) is 16.3 Å². The lowest BCUT2D eigenvalue weighted by atomic mass is 10.2. The Bertz CT molecular complexity index is 1050. The number of aromatic nitrogens is 3. The van der Waals surface area contributed by atoms with Gasteiger partial charge in [0.2, 0.25) is 5.06 Å². The van der Waals surface area contributed by atoms with Crippen LogP contribution < -0.4 is 10.1 Å². The quantitative estimate of drug-likeness (QED) is 0.567. The molecule has 0 bridgehead atoms. The summed E-state index contributed by atoms with van der Waals surface area (Å²) in [5.41, 5.74) is 2.33. The Morgan fingerprint density at radius 1 is 1.35 bits per heavy atom. The fourth-order valence-corrected chi connectivity index (χ4v) is 3.91. The normalized spacial score (nSPS) is 11.0. The second-order valence-electron chi connectivity index (χ2n) is 5.43. The Morgan fingerprint density at radius 3 is 2.85 bits per heavy atom. The number of ether oxygens (including phenoxy) is 1. The van der Waals surface area contributed by atoms with Crippen LogP contribution in [0.2, 0.25) is 0 Å². The van der Waals surface area contributed by atoms with E-state index in [9.17, 15) is 9.18 Å². The number of halogens is 1. The van der Waals surface area contributed by atoms with E-state index in [1.54, 1.807) is 18.3 Å². The first-order chi connectivity index (χ1) is 12.6. The highest BCUT2D eigenvalue weighted by molar-refractivity contribution is 7.19. The van der Waals surface area contributed by atoms with Crippen LogP contribution in [0.3, 0.4) is 0 Å². The predicted molar refractivity (Wildman–Crippen MR) is 98.2 cm³/mol. The van der Waals surface area contributed by atoms with Gasteiger partial charge in [-0.3, -0.25) is 4.40 Å². The highest BCUT2D eigenvalue weighted by atomic mass is 32.1. The number of hydrogen-bond acceptors (Lipinski definition) is 6. The zero-order valence-electron chi connectivity index (χ0n) is 13.6. The first kappa shape index (κ1) is 16.7. The molecule has 26 heavy (non-hydrogen) atoms. The van der Waals surface area contributed by atoms with Crippen LogP contribution in [0.15, 0.2) is 42.0 Å². The van der Waals surface area contributed by atoms with Crippen LogP contribution in [0.1, 0.15) is 10.7 Å². The molecule has 0 radical (unpaired) electrons. The minimum atomic E-state index is -0.536. The van der Waals surface area contributed by atoms with Crippen molar-refractivity contribution in [3.63, 3.8) is 0 Å². The van der Waals surface area contributed by atoms with Gasteiger partial charge in [-0.2, -0.15) is 0 Å². The van der Waals surface area contributed by atoms with Crippen molar-refractivity contribution in [2.24, 2.45) is 0 Å². The molecule has 132 valence electrons. The summed E-state index contributed by atoms with van der Waals surface area (Å²) in [6.07, 6.45) is 2.99. The van der Waals surface area contributed by atoms with Crippen molar-refractivity contribution in [3.05, 3.63) is 58.6 Å². The highest BCUT2D eigenvalue weighted by Crippen LogP contribution is 2.32. The van der Waals surface area contributed by atoms with E-state index in [2.05, 4.69) is 15.3 Å². The van der Waals surface area contributed by atoms with Gasteiger partial charge in [-0.25, -0.2) is 19.2 Å². The Balaban J connectivity index is 1.50. The molecule has 0 spiro atoms. The minimum Gasteiger partial charge on any atom is -0.397 e. The van der Waals surface area contributed by atoms with Gasteiger partial charge in [0, 0.05) is 23.3 Å². The van der Waals surface area contributed by atoms with Crippen LogP contribution in [-0.4, -0.2) is 20.5 Å². The molecule has 3 heterocycles. The Hall–Kier alpha value is -2.78. The number of nitrogens with zero attached hydrogens (tertiary/aromatic N) is 3. The van der Waals surface area contributed by atoms with Gasteiger partial charge in [0.25, 0.3) is 0 Å². The molecular weight excluding hydrogens is 375 g/mol. The van der Waals surface area contributed by atoms with Gasteiger partial charge in [0.15, 0.2) is 4.96 Å². The molecule has 9 heteroatoms. The van der Waals surface area contributed by atoms with Gasteiger partial charge in [-0.15, -0.1) is 11.3 Å². The largest absolute Gasteiger partial charge is 0.413 e. The SMILES string of the molecule is Cc1c(OC(=O)NCc2nccs2)sc2nc(-c3ccc(F)cc3)cn12. The molecular formula is C17H13FN4O2S2. The van der Waals surface area contributed by atoms with E-state index in [1.165, 1.54) is 34.8 Å². The van der Waals surface area contributed by atoms with Crippen molar-refractivity contribution in [1.29, 1.82) is 0 Å².